The monoisotopic (exact) mass is 224 g/mol. The van der Waals surface area contributed by atoms with Gasteiger partial charge in [0.15, 0.2) is 0 Å². The van der Waals surface area contributed by atoms with E-state index in [1.165, 1.54) is 38.5 Å². The number of rotatable bonds is 4. The molecular weight excluding hydrogens is 196 g/mol. The maximum absolute atomic E-state index is 6.13. The van der Waals surface area contributed by atoms with Gasteiger partial charge >= 0.3 is 0 Å². The van der Waals surface area contributed by atoms with Gasteiger partial charge in [-0.1, -0.05) is 26.7 Å². The molecule has 2 aliphatic rings. The maximum atomic E-state index is 6.13. The third-order valence-corrected chi connectivity index (χ3v) is 5.03. The van der Waals surface area contributed by atoms with Gasteiger partial charge in [-0.05, 0) is 38.5 Å². The van der Waals surface area contributed by atoms with E-state index < -0.39 is 0 Å². The molecule has 2 fully saturated rings. The van der Waals surface area contributed by atoms with E-state index in [2.05, 4.69) is 25.7 Å². The van der Waals surface area contributed by atoms with Gasteiger partial charge in [0.1, 0.15) is 0 Å². The summed E-state index contributed by atoms with van der Waals surface area (Å²) in [6, 6.07) is 2.83. The summed E-state index contributed by atoms with van der Waals surface area (Å²) in [5.41, 5.74) is 6.13. The summed E-state index contributed by atoms with van der Waals surface area (Å²) in [5.74, 6) is 0.873. The number of hydrogen-bond donors (Lipinski definition) is 1. The first kappa shape index (κ1) is 12.4. The van der Waals surface area contributed by atoms with Crippen molar-refractivity contribution in [1.82, 2.24) is 4.90 Å². The van der Waals surface area contributed by atoms with E-state index in [1.54, 1.807) is 0 Å². The van der Waals surface area contributed by atoms with E-state index >= 15 is 0 Å². The lowest BCUT2D eigenvalue weighted by molar-refractivity contribution is 0.0531. The topological polar surface area (TPSA) is 29.3 Å². The van der Waals surface area contributed by atoms with Crippen LogP contribution in [0, 0.1) is 5.92 Å². The molecule has 0 radical (unpaired) electrons. The molecule has 2 aliphatic heterocycles. The minimum atomic E-state index is 0.475. The van der Waals surface area contributed by atoms with E-state index in [0.29, 0.717) is 6.04 Å². The van der Waals surface area contributed by atoms with Crippen LogP contribution in [0.15, 0.2) is 0 Å². The van der Waals surface area contributed by atoms with Crippen LogP contribution < -0.4 is 5.73 Å². The quantitative estimate of drug-likeness (QED) is 0.795. The van der Waals surface area contributed by atoms with Crippen molar-refractivity contribution >= 4 is 0 Å². The van der Waals surface area contributed by atoms with Crippen LogP contribution in [0.5, 0.6) is 0 Å². The number of nitrogens with two attached hydrogens (primary N) is 1. The van der Waals surface area contributed by atoms with Crippen LogP contribution in [0.2, 0.25) is 0 Å². The number of nitrogens with zero attached hydrogens (tertiary/aromatic N) is 1. The van der Waals surface area contributed by atoms with Gasteiger partial charge in [-0.25, -0.2) is 0 Å². The fourth-order valence-electron chi connectivity index (χ4n) is 4.13. The van der Waals surface area contributed by atoms with Crippen molar-refractivity contribution in [2.75, 3.05) is 0 Å². The Balaban J connectivity index is 2.04. The highest BCUT2D eigenvalue weighted by Crippen LogP contribution is 2.38. The Hall–Kier alpha value is -0.0800. The number of fused-ring (bicyclic) bond motifs is 2. The van der Waals surface area contributed by atoms with Gasteiger partial charge in [-0.3, -0.25) is 4.90 Å². The van der Waals surface area contributed by atoms with Crippen molar-refractivity contribution in [3.8, 4) is 0 Å². The molecule has 0 aromatic heterocycles. The molecule has 2 saturated heterocycles. The molecule has 2 nitrogen and oxygen atoms in total. The zero-order chi connectivity index (χ0) is 11.7. The number of hydrogen-bond acceptors (Lipinski definition) is 2. The van der Waals surface area contributed by atoms with Crippen molar-refractivity contribution < 1.29 is 0 Å². The van der Waals surface area contributed by atoms with Gasteiger partial charge in [0, 0.05) is 24.2 Å². The molecule has 0 aliphatic carbocycles. The summed E-state index contributed by atoms with van der Waals surface area (Å²) in [7, 11) is 0. The molecule has 0 aromatic carbocycles. The molecule has 0 aromatic rings. The van der Waals surface area contributed by atoms with Crippen LogP contribution in [0.1, 0.15) is 59.3 Å². The second-order valence-corrected chi connectivity index (χ2v) is 5.88. The highest BCUT2D eigenvalue weighted by molar-refractivity contribution is 4.99. The van der Waals surface area contributed by atoms with Crippen molar-refractivity contribution in [2.45, 2.75) is 83.5 Å². The van der Waals surface area contributed by atoms with Crippen molar-refractivity contribution in [3.63, 3.8) is 0 Å². The summed E-state index contributed by atoms with van der Waals surface area (Å²) in [6.45, 7) is 7.12. The van der Waals surface area contributed by atoms with Crippen LogP contribution >= 0.6 is 0 Å². The van der Waals surface area contributed by atoms with Crippen LogP contribution in [0.4, 0.5) is 0 Å². The standard InChI is InChI=1S/C14H28N2/c1-4-11(5-2)10(3)16-13-6-7-14(16)9-12(15)8-13/h10-14H,4-9,15H2,1-3H3. The Morgan fingerprint density at radius 1 is 1.12 bits per heavy atom. The zero-order valence-electron chi connectivity index (χ0n) is 11.2. The first-order valence-electron chi connectivity index (χ1n) is 7.20. The molecule has 2 bridgehead atoms. The minimum Gasteiger partial charge on any atom is -0.328 e. The van der Waals surface area contributed by atoms with Gasteiger partial charge in [-0.2, -0.15) is 0 Å². The Bertz CT molecular complexity index is 211. The molecule has 3 unspecified atom stereocenters. The van der Waals surface area contributed by atoms with E-state index in [-0.39, 0.29) is 0 Å². The van der Waals surface area contributed by atoms with Crippen molar-refractivity contribution in [3.05, 3.63) is 0 Å². The van der Waals surface area contributed by atoms with Gasteiger partial charge in [-0.15, -0.1) is 0 Å². The smallest absolute Gasteiger partial charge is 0.0116 e. The lowest BCUT2D eigenvalue weighted by Crippen LogP contribution is -2.53. The lowest BCUT2D eigenvalue weighted by atomic mass is 9.89. The second-order valence-electron chi connectivity index (χ2n) is 5.88. The van der Waals surface area contributed by atoms with Gasteiger partial charge in [0.2, 0.25) is 0 Å². The molecule has 2 heteroatoms. The molecule has 0 saturated carbocycles. The predicted octanol–water partition coefficient (Wildman–Crippen LogP) is 2.77. The third kappa shape index (κ3) is 2.14. The summed E-state index contributed by atoms with van der Waals surface area (Å²) < 4.78 is 0. The Labute approximate surface area is 101 Å². The largest absolute Gasteiger partial charge is 0.328 e. The van der Waals surface area contributed by atoms with E-state index in [1.807, 2.05) is 0 Å². The number of piperidine rings is 1. The Morgan fingerprint density at radius 3 is 2.06 bits per heavy atom. The normalized spacial score (nSPS) is 36.9. The average Bonchev–Trinajstić information content (AvgIpc) is 2.53. The first-order chi connectivity index (χ1) is 7.67. The first-order valence-corrected chi connectivity index (χ1v) is 7.20. The van der Waals surface area contributed by atoms with Crippen LogP contribution in [0.3, 0.4) is 0 Å². The molecule has 94 valence electrons. The van der Waals surface area contributed by atoms with Gasteiger partial charge in [0.05, 0.1) is 0 Å². The summed E-state index contributed by atoms with van der Waals surface area (Å²) >= 11 is 0. The van der Waals surface area contributed by atoms with Crippen LogP contribution in [-0.2, 0) is 0 Å². The van der Waals surface area contributed by atoms with Crippen molar-refractivity contribution in [1.29, 1.82) is 0 Å². The van der Waals surface area contributed by atoms with E-state index in [9.17, 15) is 0 Å². The fraction of sp³-hybridized carbons (Fsp3) is 1.00. The maximum Gasteiger partial charge on any atom is 0.0116 e. The zero-order valence-corrected chi connectivity index (χ0v) is 11.2. The lowest BCUT2D eigenvalue weighted by Gasteiger charge is -2.44. The molecule has 2 N–H and O–H groups in total. The minimum absolute atomic E-state index is 0.475. The van der Waals surface area contributed by atoms with Gasteiger partial charge < -0.3 is 5.73 Å². The predicted molar refractivity (Wildman–Crippen MR) is 69.4 cm³/mol. The average molecular weight is 224 g/mol. The van der Waals surface area contributed by atoms with Crippen LogP contribution in [0.25, 0.3) is 0 Å². The summed E-state index contributed by atoms with van der Waals surface area (Å²) in [5, 5.41) is 0. The van der Waals surface area contributed by atoms with Crippen molar-refractivity contribution in [2.24, 2.45) is 11.7 Å². The second kappa shape index (κ2) is 5.05. The molecule has 0 spiro atoms. The molecule has 16 heavy (non-hydrogen) atoms. The SMILES string of the molecule is CCC(CC)C(C)N1C2CCC1CC(N)C2. The highest BCUT2D eigenvalue weighted by atomic mass is 15.2. The highest BCUT2D eigenvalue weighted by Gasteiger charge is 2.42. The Morgan fingerprint density at radius 2 is 1.62 bits per heavy atom. The molecule has 2 rings (SSSR count). The molecule has 2 heterocycles. The van der Waals surface area contributed by atoms with Gasteiger partial charge in [0.25, 0.3) is 0 Å². The van der Waals surface area contributed by atoms with E-state index in [0.717, 1.165) is 24.0 Å². The summed E-state index contributed by atoms with van der Waals surface area (Å²) in [4.78, 5) is 2.82. The third-order valence-electron chi connectivity index (χ3n) is 5.03. The summed E-state index contributed by atoms with van der Waals surface area (Å²) in [6.07, 6.45) is 7.90. The fourth-order valence-corrected chi connectivity index (χ4v) is 4.13. The molecule has 3 atom stereocenters. The van der Waals surface area contributed by atoms with Crippen LogP contribution in [-0.4, -0.2) is 29.1 Å². The molecular formula is C14H28N2. The van der Waals surface area contributed by atoms with E-state index in [4.69, 9.17) is 5.73 Å². The molecule has 0 amide bonds. The Kier molecular flexibility index (Phi) is 3.91.